The first kappa shape index (κ1) is 12.0. The van der Waals surface area contributed by atoms with Crippen molar-refractivity contribution in [1.29, 1.82) is 0 Å². The highest BCUT2D eigenvalue weighted by atomic mass is 14.8. The zero-order valence-corrected chi connectivity index (χ0v) is 9.22. The zero-order chi connectivity index (χ0) is 10.1. The van der Waals surface area contributed by atoms with Crippen molar-refractivity contribution in [2.75, 3.05) is 7.05 Å². The monoisotopic (exact) mass is 179 g/mol. The lowest BCUT2D eigenvalue weighted by Gasteiger charge is -2.04. The molecule has 1 nitrogen and oxygen atoms in total. The Bertz CT molecular complexity index is 209. The normalized spacial score (nSPS) is 13.8. The average Bonchev–Trinajstić information content (AvgIpc) is 2.17. The molecule has 0 amide bonds. The summed E-state index contributed by atoms with van der Waals surface area (Å²) in [5, 5.41) is 3.16. The van der Waals surface area contributed by atoms with Crippen LogP contribution in [0.25, 0.3) is 0 Å². The Labute approximate surface area is 82.2 Å². The summed E-state index contributed by atoms with van der Waals surface area (Å²) in [5.74, 6) is 0. The van der Waals surface area contributed by atoms with Gasteiger partial charge in [-0.2, -0.15) is 0 Å². The molecule has 0 saturated carbocycles. The van der Waals surface area contributed by atoms with E-state index in [0.717, 1.165) is 12.8 Å². The molecule has 0 saturated heterocycles. The van der Waals surface area contributed by atoms with Gasteiger partial charge in [-0.1, -0.05) is 38.2 Å². The smallest absolute Gasteiger partial charge is 0.0105 e. The van der Waals surface area contributed by atoms with Gasteiger partial charge in [-0.15, -0.1) is 0 Å². The quantitative estimate of drug-likeness (QED) is 0.638. The van der Waals surface area contributed by atoms with E-state index in [4.69, 9.17) is 0 Å². The summed E-state index contributed by atoms with van der Waals surface area (Å²) in [6, 6.07) is 0. The molecule has 0 fully saturated rings. The van der Waals surface area contributed by atoms with Gasteiger partial charge >= 0.3 is 0 Å². The zero-order valence-electron chi connectivity index (χ0n) is 9.22. The summed E-state index contributed by atoms with van der Waals surface area (Å²) >= 11 is 0. The predicted molar refractivity (Wildman–Crippen MR) is 60.6 cm³/mol. The molecular formula is C12H21N. The second kappa shape index (κ2) is 7.66. The van der Waals surface area contributed by atoms with Gasteiger partial charge in [0, 0.05) is 12.7 Å². The van der Waals surface area contributed by atoms with E-state index in [9.17, 15) is 0 Å². The molecule has 0 heterocycles. The van der Waals surface area contributed by atoms with Crippen LogP contribution >= 0.6 is 0 Å². The Balaban J connectivity index is 4.28. The first-order chi connectivity index (χ1) is 6.26. The summed E-state index contributed by atoms with van der Waals surface area (Å²) in [6.07, 6.45) is 10.7. The fourth-order valence-corrected chi connectivity index (χ4v) is 1.05. The molecule has 0 aliphatic rings. The molecule has 1 N–H and O–H groups in total. The van der Waals surface area contributed by atoms with Crippen LogP contribution in [0.2, 0.25) is 0 Å². The molecule has 0 atom stereocenters. The average molecular weight is 179 g/mol. The lowest BCUT2D eigenvalue weighted by molar-refractivity contribution is 0.940. The van der Waals surface area contributed by atoms with Crippen molar-refractivity contribution in [2.24, 2.45) is 0 Å². The second-order valence-electron chi connectivity index (χ2n) is 2.95. The fraction of sp³-hybridized carbons (Fsp3) is 0.500. The van der Waals surface area contributed by atoms with Crippen molar-refractivity contribution in [1.82, 2.24) is 5.32 Å². The van der Waals surface area contributed by atoms with Crippen LogP contribution in [0, 0.1) is 0 Å². The van der Waals surface area contributed by atoms with Crippen molar-refractivity contribution in [3.63, 3.8) is 0 Å². The molecule has 0 aromatic rings. The van der Waals surface area contributed by atoms with E-state index in [0.29, 0.717) is 0 Å². The third-order valence-corrected chi connectivity index (χ3v) is 2.02. The van der Waals surface area contributed by atoms with Crippen LogP contribution in [0.15, 0.2) is 35.6 Å². The van der Waals surface area contributed by atoms with Gasteiger partial charge in [0.25, 0.3) is 0 Å². The van der Waals surface area contributed by atoms with E-state index in [1.54, 1.807) is 0 Å². The maximum absolute atomic E-state index is 3.16. The van der Waals surface area contributed by atoms with Crippen molar-refractivity contribution < 1.29 is 0 Å². The van der Waals surface area contributed by atoms with Crippen LogP contribution < -0.4 is 5.32 Å². The Hall–Kier alpha value is -0.980. The minimum Gasteiger partial charge on any atom is -0.391 e. The van der Waals surface area contributed by atoms with Crippen molar-refractivity contribution in [3.8, 4) is 0 Å². The van der Waals surface area contributed by atoms with Gasteiger partial charge in [-0.3, -0.25) is 0 Å². The van der Waals surface area contributed by atoms with Gasteiger partial charge in [-0.05, 0) is 25.3 Å². The van der Waals surface area contributed by atoms with Crippen molar-refractivity contribution >= 4 is 0 Å². The van der Waals surface area contributed by atoms with Gasteiger partial charge in [0.15, 0.2) is 0 Å². The molecule has 1 heteroatoms. The first-order valence-corrected chi connectivity index (χ1v) is 4.96. The molecule has 74 valence electrons. The van der Waals surface area contributed by atoms with E-state index in [2.05, 4.69) is 50.4 Å². The first-order valence-electron chi connectivity index (χ1n) is 4.96. The van der Waals surface area contributed by atoms with Crippen LogP contribution in [0.4, 0.5) is 0 Å². The highest BCUT2D eigenvalue weighted by Crippen LogP contribution is 2.07. The molecule has 0 aromatic carbocycles. The lowest BCUT2D eigenvalue weighted by atomic mass is 10.1. The molecule has 0 aliphatic heterocycles. The number of nitrogens with one attached hydrogen (secondary N) is 1. The summed E-state index contributed by atoms with van der Waals surface area (Å²) in [7, 11) is 1.96. The highest BCUT2D eigenvalue weighted by Gasteiger charge is 1.91. The summed E-state index contributed by atoms with van der Waals surface area (Å²) in [4.78, 5) is 0. The minimum absolute atomic E-state index is 1.07. The SMILES string of the molecule is CC/C=C/C=C\C(CC)=C(/C)NC. The molecule has 0 bridgehead atoms. The van der Waals surface area contributed by atoms with Gasteiger partial charge in [0.2, 0.25) is 0 Å². The number of hydrogen-bond donors (Lipinski definition) is 1. The van der Waals surface area contributed by atoms with Crippen molar-refractivity contribution in [3.05, 3.63) is 35.6 Å². The van der Waals surface area contributed by atoms with Crippen molar-refractivity contribution in [2.45, 2.75) is 33.6 Å². The summed E-state index contributed by atoms with van der Waals surface area (Å²) in [6.45, 7) is 6.41. The molecule has 0 aromatic heterocycles. The third kappa shape index (κ3) is 5.29. The second-order valence-corrected chi connectivity index (χ2v) is 2.95. The largest absolute Gasteiger partial charge is 0.391 e. The Kier molecular flexibility index (Phi) is 7.08. The van der Waals surface area contributed by atoms with Crippen LogP contribution in [0.5, 0.6) is 0 Å². The van der Waals surface area contributed by atoms with E-state index in [1.807, 2.05) is 7.05 Å². The standard InChI is InChI=1S/C12H21N/c1-5-7-8-9-10-12(6-2)11(3)13-4/h7-10,13H,5-6H2,1-4H3/b8-7+,10-9-,12-11+. The number of allylic oxidation sites excluding steroid dienone is 6. The molecule has 0 rings (SSSR count). The molecule has 0 aliphatic carbocycles. The van der Waals surface area contributed by atoms with Gasteiger partial charge in [0.1, 0.15) is 0 Å². The number of hydrogen-bond acceptors (Lipinski definition) is 1. The predicted octanol–water partition coefficient (Wildman–Crippen LogP) is 3.41. The molecule has 0 radical (unpaired) electrons. The van der Waals surface area contributed by atoms with Gasteiger partial charge in [0.05, 0.1) is 0 Å². The molecule has 13 heavy (non-hydrogen) atoms. The molecular weight excluding hydrogens is 158 g/mol. The van der Waals surface area contributed by atoms with Crippen LogP contribution in [0.3, 0.4) is 0 Å². The number of rotatable bonds is 5. The maximum atomic E-state index is 3.16. The lowest BCUT2D eigenvalue weighted by Crippen LogP contribution is -2.04. The highest BCUT2D eigenvalue weighted by molar-refractivity contribution is 5.25. The maximum Gasteiger partial charge on any atom is 0.0105 e. The summed E-state index contributed by atoms with van der Waals surface area (Å²) in [5.41, 5.74) is 2.62. The molecule has 0 spiro atoms. The topological polar surface area (TPSA) is 12.0 Å². The van der Waals surface area contributed by atoms with Crippen LogP contribution in [0.1, 0.15) is 33.6 Å². The summed E-state index contributed by atoms with van der Waals surface area (Å²) < 4.78 is 0. The van der Waals surface area contributed by atoms with E-state index in [-0.39, 0.29) is 0 Å². The minimum atomic E-state index is 1.07. The van der Waals surface area contributed by atoms with Crippen LogP contribution in [-0.2, 0) is 0 Å². The van der Waals surface area contributed by atoms with Gasteiger partial charge < -0.3 is 5.32 Å². The molecule has 0 unspecified atom stereocenters. The third-order valence-electron chi connectivity index (χ3n) is 2.02. The van der Waals surface area contributed by atoms with E-state index >= 15 is 0 Å². The van der Waals surface area contributed by atoms with E-state index in [1.165, 1.54) is 11.3 Å². The van der Waals surface area contributed by atoms with Gasteiger partial charge in [-0.25, -0.2) is 0 Å². The Morgan fingerprint density at radius 3 is 2.38 bits per heavy atom. The van der Waals surface area contributed by atoms with E-state index < -0.39 is 0 Å². The Morgan fingerprint density at radius 2 is 1.92 bits per heavy atom. The fourth-order valence-electron chi connectivity index (χ4n) is 1.05. The van der Waals surface area contributed by atoms with Crippen LogP contribution in [-0.4, -0.2) is 7.05 Å². The Morgan fingerprint density at radius 1 is 1.23 bits per heavy atom.